The Hall–Kier alpha value is -0.370. The Morgan fingerprint density at radius 2 is 1.93 bits per heavy atom. The molecule has 0 aromatic rings. The highest BCUT2D eigenvalue weighted by molar-refractivity contribution is 5.50. The van der Waals surface area contributed by atoms with E-state index in [-0.39, 0.29) is 6.10 Å². The number of rotatable bonds is 6. The molecule has 0 radical (unpaired) electrons. The number of methoxy groups -OCH3 is 1. The molecule has 0 bridgehead atoms. The van der Waals surface area contributed by atoms with Crippen LogP contribution < -0.4 is 0 Å². The van der Waals surface area contributed by atoms with E-state index in [2.05, 4.69) is 27.7 Å². The van der Waals surface area contributed by atoms with Crippen molar-refractivity contribution in [1.82, 2.24) is 0 Å². The van der Waals surface area contributed by atoms with Gasteiger partial charge in [0.15, 0.2) is 0 Å². The lowest BCUT2D eigenvalue weighted by molar-refractivity contribution is -0.110. The number of aldehydes is 1. The summed E-state index contributed by atoms with van der Waals surface area (Å²) in [4.78, 5) is 10.4. The van der Waals surface area contributed by atoms with Crippen LogP contribution in [0, 0.1) is 11.3 Å². The van der Waals surface area contributed by atoms with E-state index in [0.29, 0.717) is 17.8 Å². The lowest BCUT2D eigenvalue weighted by atomic mass is 9.83. The third kappa shape index (κ3) is 7.07. The van der Waals surface area contributed by atoms with Crippen molar-refractivity contribution in [3.8, 4) is 0 Å². The minimum absolute atomic E-state index is 0.102. The number of ether oxygens (including phenoxy) is 1. The Bertz CT molecular complexity index is 158. The van der Waals surface area contributed by atoms with E-state index in [1.807, 2.05) is 0 Å². The molecule has 0 spiro atoms. The van der Waals surface area contributed by atoms with Gasteiger partial charge in [-0.05, 0) is 24.2 Å². The van der Waals surface area contributed by atoms with Crippen LogP contribution in [0.4, 0.5) is 0 Å². The molecule has 0 aliphatic heterocycles. The summed E-state index contributed by atoms with van der Waals surface area (Å²) in [5.41, 5.74) is 0.360. The Balaban J connectivity index is 3.89. The van der Waals surface area contributed by atoms with E-state index in [4.69, 9.17) is 4.74 Å². The smallest absolute Gasteiger partial charge is 0.122 e. The molecule has 2 atom stereocenters. The number of carbonyl (C=O) groups excluding carboxylic acids is 1. The highest BCUT2D eigenvalue weighted by Gasteiger charge is 2.18. The molecule has 0 aliphatic carbocycles. The predicted molar refractivity (Wildman–Crippen MR) is 59.3 cm³/mol. The highest BCUT2D eigenvalue weighted by Crippen LogP contribution is 2.27. The van der Waals surface area contributed by atoms with E-state index >= 15 is 0 Å². The van der Waals surface area contributed by atoms with Gasteiger partial charge in [0.1, 0.15) is 6.29 Å². The lowest BCUT2D eigenvalue weighted by Gasteiger charge is -2.25. The van der Waals surface area contributed by atoms with Crippen LogP contribution in [0.25, 0.3) is 0 Å². The molecule has 0 saturated carbocycles. The summed E-state index contributed by atoms with van der Waals surface area (Å²) in [5, 5.41) is 0. The van der Waals surface area contributed by atoms with E-state index < -0.39 is 0 Å². The van der Waals surface area contributed by atoms with Gasteiger partial charge >= 0.3 is 0 Å². The van der Waals surface area contributed by atoms with Crippen LogP contribution in [-0.2, 0) is 9.53 Å². The second-order valence-electron chi connectivity index (χ2n) is 5.37. The molecule has 14 heavy (non-hydrogen) atoms. The Kier molecular flexibility index (Phi) is 6.01. The van der Waals surface area contributed by atoms with E-state index in [0.717, 1.165) is 12.7 Å². The fraction of sp³-hybridized carbons (Fsp3) is 0.917. The molecular weight excluding hydrogens is 176 g/mol. The molecule has 0 N–H and O–H groups in total. The fourth-order valence-corrected chi connectivity index (χ4v) is 1.97. The summed E-state index contributed by atoms with van der Waals surface area (Å²) in [6.07, 6.45) is 3.71. The first kappa shape index (κ1) is 13.6. The molecule has 84 valence electrons. The van der Waals surface area contributed by atoms with Crippen molar-refractivity contribution < 1.29 is 9.53 Å². The third-order valence-corrected chi connectivity index (χ3v) is 2.32. The zero-order valence-electron chi connectivity index (χ0n) is 10.2. The molecule has 0 aromatic carbocycles. The van der Waals surface area contributed by atoms with Crippen molar-refractivity contribution >= 4 is 6.29 Å². The van der Waals surface area contributed by atoms with E-state index in [1.54, 1.807) is 7.11 Å². The number of hydrogen-bond donors (Lipinski definition) is 0. The summed E-state index contributed by atoms with van der Waals surface area (Å²) in [6, 6.07) is 0. The Labute approximate surface area is 88.0 Å². The van der Waals surface area contributed by atoms with Gasteiger partial charge < -0.3 is 9.53 Å². The van der Waals surface area contributed by atoms with Crippen LogP contribution in [0.3, 0.4) is 0 Å². The van der Waals surface area contributed by atoms with Crippen molar-refractivity contribution in [1.29, 1.82) is 0 Å². The quantitative estimate of drug-likeness (QED) is 0.616. The number of carbonyl (C=O) groups is 1. The molecule has 0 saturated heterocycles. The van der Waals surface area contributed by atoms with Crippen LogP contribution in [0.15, 0.2) is 0 Å². The maximum absolute atomic E-state index is 10.4. The highest BCUT2D eigenvalue weighted by atomic mass is 16.5. The van der Waals surface area contributed by atoms with Crippen molar-refractivity contribution in [2.24, 2.45) is 11.3 Å². The van der Waals surface area contributed by atoms with Gasteiger partial charge in [-0.3, -0.25) is 0 Å². The summed E-state index contributed by atoms with van der Waals surface area (Å²) in [7, 11) is 1.68. The van der Waals surface area contributed by atoms with Crippen LogP contribution in [0.1, 0.15) is 47.0 Å². The van der Waals surface area contributed by atoms with E-state index in [9.17, 15) is 4.79 Å². The maximum Gasteiger partial charge on any atom is 0.122 e. The first-order chi connectivity index (χ1) is 6.39. The minimum atomic E-state index is 0.102. The van der Waals surface area contributed by atoms with Crippen LogP contribution in [0.2, 0.25) is 0 Å². The first-order valence-corrected chi connectivity index (χ1v) is 5.35. The van der Waals surface area contributed by atoms with Gasteiger partial charge in [0.05, 0.1) is 6.10 Å². The lowest BCUT2D eigenvalue weighted by Crippen LogP contribution is -2.19. The monoisotopic (exact) mass is 200 g/mol. The summed E-state index contributed by atoms with van der Waals surface area (Å²) < 4.78 is 5.24. The number of hydrogen-bond acceptors (Lipinski definition) is 2. The molecule has 0 heterocycles. The second-order valence-corrected chi connectivity index (χ2v) is 5.37. The SMILES string of the molecule is COC(CC=O)CC(C)CC(C)(C)C. The summed E-state index contributed by atoms with van der Waals surface area (Å²) in [6.45, 7) is 8.95. The largest absolute Gasteiger partial charge is 0.381 e. The zero-order chi connectivity index (χ0) is 11.2. The fourth-order valence-electron chi connectivity index (χ4n) is 1.97. The van der Waals surface area contributed by atoms with Gasteiger partial charge in [0, 0.05) is 13.5 Å². The molecular formula is C12H24O2. The molecule has 0 rings (SSSR count). The van der Waals surface area contributed by atoms with Gasteiger partial charge in [0.2, 0.25) is 0 Å². The summed E-state index contributed by atoms with van der Waals surface area (Å²) in [5.74, 6) is 0.611. The van der Waals surface area contributed by atoms with Gasteiger partial charge in [-0.15, -0.1) is 0 Å². The van der Waals surface area contributed by atoms with Crippen LogP contribution >= 0.6 is 0 Å². The van der Waals surface area contributed by atoms with Crippen molar-refractivity contribution in [2.75, 3.05) is 7.11 Å². The maximum atomic E-state index is 10.4. The van der Waals surface area contributed by atoms with E-state index in [1.165, 1.54) is 6.42 Å². The Morgan fingerprint density at radius 1 is 1.36 bits per heavy atom. The topological polar surface area (TPSA) is 26.3 Å². The second kappa shape index (κ2) is 6.18. The van der Waals surface area contributed by atoms with Crippen LogP contribution in [0.5, 0.6) is 0 Å². The van der Waals surface area contributed by atoms with Gasteiger partial charge in [-0.1, -0.05) is 27.7 Å². The van der Waals surface area contributed by atoms with Gasteiger partial charge in [-0.2, -0.15) is 0 Å². The van der Waals surface area contributed by atoms with Gasteiger partial charge in [-0.25, -0.2) is 0 Å². The minimum Gasteiger partial charge on any atom is -0.381 e. The Morgan fingerprint density at radius 3 is 2.29 bits per heavy atom. The van der Waals surface area contributed by atoms with Crippen LogP contribution in [-0.4, -0.2) is 19.5 Å². The molecule has 2 unspecified atom stereocenters. The molecule has 0 aromatic heterocycles. The average molecular weight is 200 g/mol. The average Bonchev–Trinajstić information content (AvgIpc) is 2.00. The summed E-state index contributed by atoms with van der Waals surface area (Å²) >= 11 is 0. The molecule has 0 fully saturated rings. The zero-order valence-corrected chi connectivity index (χ0v) is 10.2. The molecule has 0 amide bonds. The molecule has 0 aliphatic rings. The standard InChI is InChI=1S/C12H24O2/c1-10(9-12(2,3)4)8-11(14-5)6-7-13/h7,10-11H,6,8-9H2,1-5H3. The predicted octanol–water partition coefficient (Wildman–Crippen LogP) is 3.05. The van der Waals surface area contributed by atoms with Crippen molar-refractivity contribution in [3.05, 3.63) is 0 Å². The van der Waals surface area contributed by atoms with Crippen molar-refractivity contribution in [2.45, 2.75) is 53.1 Å². The molecule has 2 heteroatoms. The normalized spacial score (nSPS) is 16.4. The molecule has 2 nitrogen and oxygen atoms in total. The van der Waals surface area contributed by atoms with Crippen molar-refractivity contribution in [3.63, 3.8) is 0 Å². The van der Waals surface area contributed by atoms with Gasteiger partial charge in [0.25, 0.3) is 0 Å². The third-order valence-electron chi connectivity index (χ3n) is 2.32. The first-order valence-electron chi connectivity index (χ1n) is 5.35.